The fraction of sp³-hybridized carbons (Fsp3) is 0.308. The van der Waals surface area contributed by atoms with Gasteiger partial charge in [-0.3, -0.25) is 4.79 Å². The molecule has 0 fully saturated rings. The van der Waals surface area contributed by atoms with Gasteiger partial charge in [0.1, 0.15) is 5.82 Å². The van der Waals surface area contributed by atoms with Gasteiger partial charge in [0, 0.05) is 14.1 Å². The Hall–Kier alpha value is -1.95. The summed E-state index contributed by atoms with van der Waals surface area (Å²) >= 11 is 0. The van der Waals surface area contributed by atoms with Crippen LogP contribution in [0.25, 0.3) is 0 Å². The predicted molar refractivity (Wildman–Crippen MR) is 76.2 cm³/mol. The second-order valence-electron chi connectivity index (χ2n) is 4.08. The molecule has 0 radical (unpaired) electrons. The van der Waals surface area contributed by atoms with Crippen LogP contribution in [0.3, 0.4) is 0 Å². The van der Waals surface area contributed by atoms with E-state index in [1.54, 1.807) is 0 Å². The van der Waals surface area contributed by atoms with Crippen LogP contribution in [0.5, 0.6) is 0 Å². The smallest absolute Gasteiger partial charge is 0.243 e. The average Bonchev–Trinajstić information content (AvgIpc) is 2.45. The van der Waals surface area contributed by atoms with E-state index in [0.717, 1.165) is 10.4 Å². The first-order valence-corrected chi connectivity index (χ1v) is 7.42. The summed E-state index contributed by atoms with van der Waals surface area (Å²) in [5.41, 5.74) is 5.25. The van der Waals surface area contributed by atoms with E-state index < -0.39 is 21.7 Å². The van der Waals surface area contributed by atoms with Crippen molar-refractivity contribution in [2.24, 2.45) is 5.73 Å². The molecule has 0 saturated carbocycles. The molecule has 0 aliphatic carbocycles. The van der Waals surface area contributed by atoms with Crippen molar-refractivity contribution >= 4 is 15.9 Å². The van der Waals surface area contributed by atoms with Gasteiger partial charge >= 0.3 is 0 Å². The summed E-state index contributed by atoms with van der Waals surface area (Å²) in [6.45, 7) is -0.274. The molecular weight excluding hydrogens is 297 g/mol. The van der Waals surface area contributed by atoms with Crippen LogP contribution in [0.4, 0.5) is 4.39 Å². The first-order valence-electron chi connectivity index (χ1n) is 5.98. The van der Waals surface area contributed by atoms with Crippen LogP contribution in [-0.2, 0) is 14.8 Å². The van der Waals surface area contributed by atoms with Gasteiger partial charge in [-0.05, 0) is 18.2 Å². The second kappa shape index (κ2) is 7.17. The maximum Gasteiger partial charge on any atom is 0.243 e. The average molecular weight is 313 g/mol. The van der Waals surface area contributed by atoms with E-state index in [1.807, 2.05) is 0 Å². The number of hydrogen-bond donors (Lipinski definition) is 2. The van der Waals surface area contributed by atoms with E-state index >= 15 is 0 Å². The highest BCUT2D eigenvalue weighted by molar-refractivity contribution is 7.89. The second-order valence-corrected chi connectivity index (χ2v) is 6.13. The molecule has 0 aliphatic rings. The molecule has 8 heteroatoms. The van der Waals surface area contributed by atoms with E-state index in [9.17, 15) is 17.6 Å². The number of nitrogens with one attached hydrogen (secondary N) is 1. The topological polar surface area (TPSA) is 92.5 Å². The number of carbonyl (C=O) groups excluding carboxylic acids is 1. The van der Waals surface area contributed by atoms with Crippen molar-refractivity contribution in [3.05, 3.63) is 29.6 Å². The van der Waals surface area contributed by atoms with Gasteiger partial charge in [0.15, 0.2) is 0 Å². The zero-order valence-corrected chi connectivity index (χ0v) is 12.5. The lowest BCUT2D eigenvalue weighted by Crippen LogP contribution is -2.36. The Kier molecular flexibility index (Phi) is 5.84. The highest BCUT2D eigenvalue weighted by Crippen LogP contribution is 2.17. The third-order valence-electron chi connectivity index (χ3n) is 2.62. The van der Waals surface area contributed by atoms with Crippen LogP contribution in [0.2, 0.25) is 0 Å². The molecule has 0 saturated heterocycles. The molecule has 0 unspecified atom stereocenters. The van der Waals surface area contributed by atoms with Crippen LogP contribution in [0, 0.1) is 17.7 Å². The summed E-state index contributed by atoms with van der Waals surface area (Å²) in [6, 6.07) is 3.37. The van der Waals surface area contributed by atoms with Gasteiger partial charge in [0.25, 0.3) is 0 Å². The molecule has 1 aromatic rings. The molecular formula is C13H16FN3O3S. The Morgan fingerprint density at radius 2 is 2.14 bits per heavy atom. The minimum atomic E-state index is -3.94. The van der Waals surface area contributed by atoms with Crippen molar-refractivity contribution < 1.29 is 17.6 Å². The molecule has 3 N–H and O–H groups in total. The Bertz CT molecular complexity index is 692. The highest BCUT2D eigenvalue weighted by atomic mass is 32.2. The third-order valence-corrected chi connectivity index (χ3v) is 4.42. The number of rotatable bonds is 4. The number of hydrogen-bond acceptors (Lipinski definition) is 4. The first-order chi connectivity index (χ1) is 9.82. The van der Waals surface area contributed by atoms with Crippen molar-refractivity contribution in [2.45, 2.75) is 4.90 Å². The molecule has 0 aromatic heterocycles. The summed E-state index contributed by atoms with van der Waals surface area (Å²) in [6.07, 6.45) is 0. The predicted octanol–water partition coefficient (Wildman–Crippen LogP) is -0.498. The standard InChI is InChI=1S/C13H16FN3O3S/c1-16-13(18)9-17(2)21(19,20)11-6-5-10(4-3-7-15)12(14)8-11/h5-6,8H,7,9,15H2,1-2H3,(H,16,18). The molecule has 0 aliphatic heterocycles. The largest absolute Gasteiger partial charge is 0.358 e. The normalized spacial score (nSPS) is 10.9. The minimum Gasteiger partial charge on any atom is -0.358 e. The summed E-state index contributed by atoms with van der Waals surface area (Å²) in [7, 11) is -1.31. The zero-order chi connectivity index (χ0) is 16.0. The third kappa shape index (κ3) is 4.26. The Morgan fingerprint density at radius 3 is 2.67 bits per heavy atom. The quantitative estimate of drug-likeness (QED) is 0.733. The summed E-state index contributed by atoms with van der Waals surface area (Å²) in [5, 5.41) is 2.31. The van der Waals surface area contributed by atoms with Crippen molar-refractivity contribution in [3.8, 4) is 11.8 Å². The summed E-state index contributed by atoms with van der Waals surface area (Å²) in [4.78, 5) is 11.0. The number of likely N-dealkylation sites (N-methyl/N-ethyl adjacent to an activating group) is 2. The molecule has 21 heavy (non-hydrogen) atoms. The number of benzene rings is 1. The van der Waals surface area contributed by atoms with Crippen LogP contribution in [0.15, 0.2) is 23.1 Å². The fourth-order valence-electron chi connectivity index (χ4n) is 1.45. The maximum absolute atomic E-state index is 13.8. The van der Waals surface area contributed by atoms with E-state index in [1.165, 1.54) is 26.2 Å². The number of nitrogens with zero attached hydrogens (tertiary/aromatic N) is 1. The van der Waals surface area contributed by atoms with Crippen LogP contribution < -0.4 is 11.1 Å². The van der Waals surface area contributed by atoms with Gasteiger partial charge in [-0.15, -0.1) is 0 Å². The van der Waals surface area contributed by atoms with Gasteiger partial charge in [0.05, 0.1) is 23.5 Å². The van der Waals surface area contributed by atoms with Crippen LogP contribution >= 0.6 is 0 Å². The van der Waals surface area contributed by atoms with Gasteiger partial charge in [0.2, 0.25) is 15.9 Å². The molecule has 0 heterocycles. The van der Waals surface area contributed by atoms with Crippen molar-refractivity contribution in [1.29, 1.82) is 0 Å². The maximum atomic E-state index is 13.8. The Balaban J connectivity index is 3.10. The molecule has 0 atom stereocenters. The lowest BCUT2D eigenvalue weighted by Gasteiger charge is -2.16. The van der Waals surface area contributed by atoms with Crippen LogP contribution in [-0.4, -0.2) is 45.8 Å². The van der Waals surface area contributed by atoms with Gasteiger partial charge in [-0.25, -0.2) is 12.8 Å². The summed E-state index contributed by atoms with van der Waals surface area (Å²) < 4.78 is 39.0. The van der Waals surface area contributed by atoms with E-state index in [-0.39, 0.29) is 23.5 Å². The Morgan fingerprint density at radius 1 is 1.48 bits per heavy atom. The molecule has 0 spiro atoms. The molecule has 114 valence electrons. The van der Waals surface area contributed by atoms with Gasteiger partial charge < -0.3 is 11.1 Å². The molecule has 1 aromatic carbocycles. The fourth-order valence-corrected chi connectivity index (χ4v) is 2.59. The molecule has 6 nitrogen and oxygen atoms in total. The molecule has 1 rings (SSSR count). The van der Waals surface area contributed by atoms with Gasteiger partial charge in [-0.2, -0.15) is 4.31 Å². The number of carbonyl (C=O) groups is 1. The number of nitrogens with two attached hydrogens (primary N) is 1. The molecule has 0 bridgehead atoms. The highest BCUT2D eigenvalue weighted by Gasteiger charge is 2.23. The minimum absolute atomic E-state index is 0.0633. The monoisotopic (exact) mass is 313 g/mol. The summed E-state index contributed by atoms with van der Waals surface area (Å²) in [5.74, 6) is 3.76. The SMILES string of the molecule is CNC(=O)CN(C)S(=O)(=O)c1ccc(C#CCN)c(F)c1. The van der Waals surface area contributed by atoms with E-state index in [2.05, 4.69) is 17.2 Å². The van der Waals surface area contributed by atoms with Crippen molar-refractivity contribution in [3.63, 3.8) is 0 Å². The number of halogens is 1. The first kappa shape index (κ1) is 17.1. The zero-order valence-electron chi connectivity index (χ0n) is 11.7. The lowest BCUT2D eigenvalue weighted by molar-refractivity contribution is -0.120. The number of amides is 1. The van der Waals surface area contributed by atoms with E-state index in [0.29, 0.717) is 0 Å². The van der Waals surface area contributed by atoms with Crippen molar-refractivity contribution in [1.82, 2.24) is 9.62 Å². The lowest BCUT2D eigenvalue weighted by atomic mass is 10.2. The van der Waals surface area contributed by atoms with Crippen LogP contribution in [0.1, 0.15) is 5.56 Å². The van der Waals surface area contributed by atoms with Crippen molar-refractivity contribution in [2.75, 3.05) is 27.2 Å². The Labute approximate surface area is 123 Å². The van der Waals surface area contributed by atoms with E-state index in [4.69, 9.17) is 5.73 Å². The number of sulfonamides is 1. The van der Waals surface area contributed by atoms with Gasteiger partial charge in [-0.1, -0.05) is 11.8 Å². The molecule has 1 amide bonds.